The van der Waals surface area contributed by atoms with Gasteiger partial charge >= 0.3 is 0 Å². The number of nitrogens with one attached hydrogen (secondary N) is 1. The monoisotopic (exact) mass is 360 g/mol. The number of rotatable bonds is 3. The highest BCUT2D eigenvalue weighted by Crippen LogP contribution is 2.28. The molecule has 2 heterocycles. The van der Waals surface area contributed by atoms with E-state index in [2.05, 4.69) is 10.2 Å². The van der Waals surface area contributed by atoms with E-state index in [4.69, 9.17) is 16.3 Å². The standard InChI is InChI=1S/C21H20N4O2/c1-13-11-14(22-2)12-17-19(13)24-20(18-5-4-10-23-18)25(21(17)26)15-6-8-16(27-3)9-7-15/h6-9,11-12,18,23H,4-5,10H2,1,3H3/t18-/m1/s1. The van der Waals surface area contributed by atoms with Gasteiger partial charge in [-0.05, 0) is 62.2 Å². The molecule has 6 nitrogen and oxygen atoms in total. The average Bonchev–Trinajstić information content (AvgIpc) is 3.23. The minimum atomic E-state index is -0.150. The predicted molar refractivity (Wildman–Crippen MR) is 105 cm³/mol. The van der Waals surface area contributed by atoms with Crippen LogP contribution in [0.25, 0.3) is 21.4 Å². The van der Waals surface area contributed by atoms with Crippen LogP contribution in [0.15, 0.2) is 41.2 Å². The Morgan fingerprint density at radius 3 is 2.70 bits per heavy atom. The van der Waals surface area contributed by atoms with Crippen molar-refractivity contribution in [1.82, 2.24) is 14.9 Å². The van der Waals surface area contributed by atoms with Crippen LogP contribution in [0.4, 0.5) is 5.69 Å². The van der Waals surface area contributed by atoms with Crippen LogP contribution in [0.5, 0.6) is 5.75 Å². The zero-order valence-corrected chi connectivity index (χ0v) is 15.3. The van der Waals surface area contributed by atoms with Crippen LogP contribution < -0.4 is 15.6 Å². The van der Waals surface area contributed by atoms with Gasteiger partial charge in [-0.2, -0.15) is 0 Å². The summed E-state index contributed by atoms with van der Waals surface area (Å²) in [4.78, 5) is 21.8. The third kappa shape index (κ3) is 2.96. The summed E-state index contributed by atoms with van der Waals surface area (Å²) < 4.78 is 6.90. The molecule has 1 saturated heterocycles. The van der Waals surface area contributed by atoms with Crippen LogP contribution in [0, 0.1) is 13.5 Å². The topological polar surface area (TPSA) is 60.5 Å². The third-order valence-corrected chi connectivity index (χ3v) is 5.01. The van der Waals surface area contributed by atoms with Gasteiger partial charge in [0.15, 0.2) is 5.69 Å². The van der Waals surface area contributed by atoms with E-state index >= 15 is 0 Å². The molecule has 4 rings (SSSR count). The van der Waals surface area contributed by atoms with Gasteiger partial charge in [0.1, 0.15) is 11.6 Å². The van der Waals surface area contributed by atoms with Crippen molar-refractivity contribution in [1.29, 1.82) is 0 Å². The second kappa shape index (κ2) is 6.86. The maximum atomic E-state index is 13.4. The second-order valence-corrected chi connectivity index (χ2v) is 6.73. The summed E-state index contributed by atoms with van der Waals surface area (Å²) in [6, 6.07) is 10.8. The Hall–Kier alpha value is -3.17. The Morgan fingerprint density at radius 1 is 1.30 bits per heavy atom. The molecule has 1 atom stereocenters. The van der Waals surface area contributed by atoms with Crippen molar-refractivity contribution in [2.45, 2.75) is 25.8 Å². The first kappa shape index (κ1) is 17.3. The lowest BCUT2D eigenvalue weighted by atomic mass is 10.1. The summed E-state index contributed by atoms with van der Waals surface area (Å²) in [5, 5.41) is 3.91. The number of nitrogens with zero attached hydrogens (tertiary/aromatic N) is 3. The lowest BCUT2D eigenvalue weighted by Crippen LogP contribution is -2.29. The molecule has 0 amide bonds. The highest BCUT2D eigenvalue weighted by Gasteiger charge is 2.24. The molecule has 2 aromatic carbocycles. The summed E-state index contributed by atoms with van der Waals surface area (Å²) in [5.74, 6) is 1.45. The SMILES string of the molecule is [C-]#[N+]c1cc(C)c2nc([C@H]3CCCN3)n(-c3ccc(OC)cc3)c(=O)c2c1. The van der Waals surface area contributed by atoms with Crippen molar-refractivity contribution in [2.75, 3.05) is 13.7 Å². The summed E-state index contributed by atoms with van der Waals surface area (Å²) in [6.07, 6.45) is 1.99. The molecule has 0 radical (unpaired) electrons. The quantitative estimate of drug-likeness (QED) is 0.724. The summed E-state index contributed by atoms with van der Waals surface area (Å²) in [6.45, 7) is 10.1. The van der Waals surface area contributed by atoms with Gasteiger partial charge in [-0.1, -0.05) is 6.07 Å². The second-order valence-electron chi connectivity index (χ2n) is 6.73. The Bertz CT molecular complexity index is 1100. The van der Waals surface area contributed by atoms with Crippen LogP contribution in [0.2, 0.25) is 0 Å². The number of aryl methyl sites for hydroxylation is 1. The van der Waals surface area contributed by atoms with Crippen LogP contribution in [0.1, 0.15) is 30.3 Å². The molecule has 3 aromatic rings. The molecule has 27 heavy (non-hydrogen) atoms. The summed E-state index contributed by atoms with van der Waals surface area (Å²) >= 11 is 0. The molecular formula is C21H20N4O2. The van der Waals surface area contributed by atoms with E-state index in [-0.39, 0.29) is 11.6 Å². The molecule has 136 valence electrons. The Labute approximate surface area is 157 Å². The third-order valence-electron chi connectivity index (χ3n) is 5.01. The fourth-order valence-corrected chi connectivity index (χ4v) is 3.65. The number of ether oxygens (including phenoxy) is 1. The lowest BCUT2D eigenvalue weighted by molar-refractivity contribution is 0.414. The number of fused-ring (bicyclic) bond motifs is 1. The first-order chi connectivity index (χ1) is 13.1. The fourth-order valence-electron chi connectivity index (χ4n) is 3.65. The van der Waals surface area contributed by atoms with Crippen LogP contribution in [-0.4, -0.2) is 23.2 Å². The number of methoxy groups -OCH3 is 1. The van der Waals surface area contributed by atoms with Crippen LogP contribution in [0.3, 0.4) is 0 Å². The van der Waals surface area contributed by atoms with Gasteiger partial charge in [-0.15, -0.1) is 0 Å². The van der Waals surface area contributed by atoms with Crippen LogP contribution in [-0.2, 0) is 0 Å². The molecule has 1 aliphatic heterocycles. The molecule has 1 aliphatic rings. The van der Waals surface area contributed by atoms with Gasteiger partial charge < -0.3 is 10.1 Å². The molecule has 1 N–H and O–H groups in total. The molecular weight excluding hydrogens is 340 g/mol. The van der Waals surface area contributed by atoms with E-state index in [1.807, 2.05) is 31.2 Å². The van der Waals surface area contributed by atoms with Crippen molar-refractivity contribution in [3.63, 3.8) is 0 Å². The van der Waals surface area contributed by atoms with E-state index < -0.39 is 0 Å². The van der Waals surface area contributed by atoms with Crippen molar-refractivity contribution >= 4 is 16.6 Å². The van der Waals surface area contributed by atoms with Gasteiger partial charge in [0.25, 0.3) is 5.56 Å². The van der Waals surface area contributed by atoms with E-state index in [9.17, 15) is 4.79 Å². The maximum absolute atomic E-state index is 13.4. The van der Waals surface area contributed by atoms with Crippen molar-refractivity contribution in [3.8, 4) is 11.4 Å². The summed E-state index contributed by atoms with van der Waals surface area (Å²) in [5.41, 5.74) is 2.55. The molecule has 0 saturated carbocycles. The molecule has 1 aromatic heterocycles. The predicted octanol–water partition coefficient (Wildman–Crippen LogP) is 3.68. The van der Waals surface area contributed by atoms with Gasteiger partial charge in [0, 0.05) is 0 Å². The first-order valence-electron chi connectivity index (χ1n) is 8.95. The van der Waals surface area contributed by atoms with E-state index in [0.717, 1.165) is 36.4 Å². The normalized spacial score (nSPS) is 16.4. The number of hydrogen-bond acceptors (Lipinski definition) is 4. The molecule has 0 spiro atoms. The minimum absolute atomic E-state index is 0.0316. The van der Waals surface area contributed by atoms with Crippen LogP contribution >= 0.6 is 0 Å². The lowest BCUT2D eigenvalue weighted by Gasteiger charge is -2.19. The molecule has 0 aliphatic carbocycles. The average molecular weight is 360 g/mol. The highest BCUT2D eigenvalue weighted by atomic mass is 16.5. The number of benzene rings is 2. The number of hydrogen-bond donors (Lipinski definition) is 1. The van der Waals surface area contributed by atoms with Gasteiger partial charge in [0.05, 0.1) is 36.3 Å². The molecule has 1 fully saturated rings. The van der Waals surface area contributed by atoms with Crippen molar-refractivity contribution in [3.05, 3.63) is 69.6 Å². The maximum Gasteiger partial charge on any atom is 0.264 e. The number of aromatic nitrogens is 2. The fraction of sp³-hybridized carbons (Fsp3) is 0.286. The zero-order valence-electron chi connectivity index (χ0n) is 15.3. The van der Waals surface area contributed by atoms with Crippen molar-refractivity contribution in [2.24, 2.45) is 0 Å². The minimum Gasteiger partial charge on any atom is -0.497 e. The summed E-state index contributed by atoms with van der Waals surface area (Å²) in [7, 11) is 1.61. The molecule has 0 unspecified atom stereocenters. The highest BCUT2D eigenvalue weighted by molar-refractivity contribution is 5.85. The molecule has 6 heteroatoms. The van der Waals surface area contributed by atoms with E-state index in [0.29, 0.717) is 22.4 Å². The van der Waals surface area contributed by atoms with Crippen molar-refractivity contribution < 1.29 is 4.74 Å². The van der Waals surface area contributed by atoms with Gasteiger partial charge in [-0.25, -0.2) is 9.83 Å². The van der Waals surface area contributed by atoms with Gasteiger partial charge in [-0.3, -0.25) is 9.36 Å². The Morgan fingerprint density at radius 2 is 2.07 bits per heavy atom. The van der Waals surface area contributed by atoms with E-state index in [1.54, 1.807) is 23.8 Å². The largest absolute Gasteiger partial charge is 0.497 e. The Kier molecular flexibility index (Phi) is 4.38. The first-order valence-corrected chi connectivity index (χ1v) is 8.95. The Balaban J connectivity index is 2.04. The zero-order chi connectivity index (χ0) is 19.0. The molecule has 0 bridgehead atoms. The van der Waals surface area contributed by atoms with Gasteiger partial charge in [0.2, 0.25) is 0 Å². The smallest absolute Gasteiger partial charge is 0.264 e. The van der Waals surface area contributed by atoms with E-state index in [1.165, 1.54) is 0 Å².